The number of hydrogen-bond acceptors (Lipinski definition) is 4. The molecule has 9 heteroatoms. The number of para-hydroxylation sites is 1. The molecule has 3 aromatic rings. The first kappa shape index (κ1) is 32.2. The normalized spacial score (nSPS) is 12.0. The Morgan fingerprint density at radius 3 is 2.20 bits per heavy atom. The number of nitrogens with one attached hydrogen (secondary N) is 1. The van der Waals surface area contributed by atoms with Gasteiger partial charge in [0.15, 0.2) is 0 Å². The van der Waals surface area contributed by atoms with Gasteiger partial charge in [-0.15, -0.1) is 0 Å². The second-order valence-electron chi connectivity index (χ2n) is 10.2. The number of rotatable bonds is 15. The number of unbranched alkanes of at least 4 members (excludes halogenated alkanes) is 1. The lowest BCUT2D eigenvalue weighted by Crippen LogP contribution is -2.50. The van der Waals surface area contributed by atoms with Gasteiger partial charge in [-0.25, -0.2) is 8.42 Å². The molecule has 0 radical (unpaired) electrons. The van der Waals surface area contributed by atoms with Crippen molar-refractivity contribution in [2.75, 3.05) is 23.7 Å². The highest BCUT2D eigenvalue weighted by atomic mass is 35.5. The molecule has 1 N–H and O–H groups in total. The number of sulfonamides is 1. The largest absolute Gasteiger partial charge is 0.354 e. The molecule has 1 atom stereocenters. The van der Waals surface area contributed by atoms with E-state index in [1.807, 2.05) is 61.5 Å². The highest BCUT2D eigenvalue weighted by Gasteiger charge is 2.30. The molecule has 0 aliphatic rings. The van der Waals surface area contributed by atoms with Gasteiger partial charge in [0, 0.05) is 37.5 Å². The number of carbonyl (C=O) groups is 2. The van der Waals surface area contributed by atoms with Crippen LogP contribution in [0.1, 0.15) is 49.3 Å². The molecule has 0 aromatic heterocycles. The fraction of sp³-hybridized carbons (Fsp3) is 0.375. The van der Waals surface area contributed by atoms with Crippen LogP contribution in [0.25, 0.3) is 0 Å². The van der Waals surface area contributed by atoms with Crippen LogP contribution >= 0.6 is 11.6 Å². The summed E-state index contributed by atoms with van der Waals surface area (Å²) >= 11 is 6.10. The SMILES string of the molecule is CCCCNC(=O)[C@@H](Cc1ccccc1)N(Cc1ccc(Cl)cc1)C(=O)CCCN(c1ccccc1C)S(C)(=O)=O. The van der Waals surface area contributed by atoms with Crippen LogP contribution in [0.15, 0.2) is 78.9 Å². The van der Waals surface area contributed by atoms with E-state index in [2.05, 4.69) is 12.2 Å². The molecule has 3 rings (SSSR count). The van der Waals surface area contributed by atoms with Gasteiger partial charge < -0.3 is 10.2 Å². The Balaban J connectivity index is 1.87. The quantitative estimate of drug-likeness (QED) is 0.226. The van der Waals surface area contributed by atoms with Crippen molar-refractivity contribution >= 4 is 39.1 Å². The van der Waals surface area contributed by atoms with Gasteiger partial charge in [-0.2, -0.15) is 0 Å². The lowest BCUT2D eigenvalue weighted by molar-refractivity contribution is -0.141. The van der Waals surface area contributed by atoms with Gasteiger partial charge in [-0.3, -0.25) is 13.9 Å². The number of nitrogens with zero attached hydrogens (tertiary/aromatic N) is 2. The molecule has 3 aromatic carbocycles. The van der Waals surface area contributed by atoms with Crippen molar-refractivity contribution in [1.82, 2.24) is 10.2 Å². The van der Waals surface area contributed by atoms with E-state index < -0.39 is 16.1 Å². The third-order valence-corrected chi connectivity index (χ3v) is 8.34. The Bertz CT molecular complexity index is 1380. The number of hydrogen-bond donors (Lipinski definition) is 1. The second kappa shape index (κ2) is 15.6. The van der Waals surface area contributed by atoms with E-state index in [1.165, 1.54) is 10.6 Å². The highest BCUT2D eigenvalue weighted by molar-refractivity contribution is 7.92. The summed E-state index contributed by atoms with van der Waals surface area (Å²) in [5, 5.41) is 3.60. The Kier molecular flexibility index (Phi) is 12.2. The van der Waals surface area contributed by atoms with Crippen LogP contribution in [0.3, 0.4) is 0 Å². The molecule has 0 fully saturated rings. The summed E-state index contributed by atoms with van der Waals surface area (Å²) in [6.07, 6.45) is 3.69. The maximum Gasteiger partial charge on any atom is 0.243 e. The molecule has 220 valence electrons. The van der Waals surface area contributed by atoms with Gasteiger partial charge in [-0.05, 0) is 54.7 Å². The summed E-state index contributed by atoms with van der Waals surface area (Å²) in [5.74, 6) is -0.424. The van der Waals surface area contributed by atoms with Crippen molar-refractivity contribution in [3.63, 3.8) is 0 Å². The first-order valence-electron chi connectivity index (χ1n) is 14.0. The zero-order valence-corrected chi connectivity index (χ0v) is 25.6. The molecule has 0 unspecified atom stereocenters. The lowest BCUT2D eigenvalue weighted by Gasteiger charge is -2.32. The van der Waals surface area contributed by atoms with Gasteiger partial charge in [0.05, 0.1) is 11.9 Å². The molecule has 0 bridgehead atoms. The monoisotopic (exact) mass is 597 g/mol. The molecule has 0 aliphatic carbocycles. The van der Waals surface area contributed by atoms with E-state index in [4.69, 9.17) is 11.6 Å². The molecule has 0 heterocycles. The number of amides is 2. The summed E-state index contributed by atoms with van der Waals surface area (Å²) in [6, 6.07) is 23.4. The van der Waals surface area contributed by atoms with E-state index >= 15 is 0 Å². The van der Waals surface area contributed by atoms with Gasteiger partial charge in [0.1, 0.15) is 6.04 Å². The van der Waals surface area contributed by atoms with Crippen LogP contribution in [0, 0.1) is 6.92 Å². The number of benzene rings is 3. The summed E-state index contributed by atoms with van der Waals surface area (Å²) < 4.78 is 26.7. The summed E-state index contributed by atoms with van der Waals surface area (Å²) in [4.78, 5) is 29.0. The number of carbonyl (C=O) groups excluding carboxylic acids is 2. The summed E-state index contributed by atoms with van der Waals surface area (Å²) in [6.45, 7) is 4.82. The molecular formula is C32H40ClN3O4S. The number of anilines is 1. The van der Waals surface area contributed by atoms with Crippen LogP contribution < -0.4 is 9.62 Å². The van der Waals surface area contributed by atoms with Crippen molar-refractivity contribution in [3.8, 4) is 0 Å². The first-order valence-corrected chi connectivity index (χ1v) is 16.2. The van der Waals surface area contributed by atoms with Gasteiger partial charge in [-0.1, -0.05) is 85.6 Å². The molecule has 2 amide bonds. The van der Waals surface area contributed by atoms with Crippen LogP contribution in [0.5, 0.6) is 0 Å². The fourth-order valence-electron chi connectivity index (χ4n) is 4.67. The Labute approximate surface area is 249 Å². The Morgan fingerprint density at radius 1 is 0.902 bits per heavy atom. The average molecular weight is 598 g/mol. The standard InChI is InChI=1S/C32H40ClN3O4S/c1-4-5-21-34-32(38)30(23-26-13-7-6-8-14-26)35(24-27-17-19-28(33)20-18-27)31(37)16-11-22-36(41(3,39)40)29-15-10-9-12-25(29)2/h6-10,12-15,17-20,30H,4-5,11,16,21-24H2,1-3H3,(H,34,38)/t30-/m1/s1. The van der Waals surface area contributed by atoms with Crippen molar-refractivity contribution in [3.05, 3.63) is 101 Å². The Hall–Kier alpha value is -3.36. The highest BCUT2D eigenvalue weighted by Crippen LogP contribution is 2.23. The third-order valence-electron chi connectivity index (χ3n) is 6.90. The first-order chi connectivity index (χ1) is 19.6. The van der Waals surface area contributed by atoms with Crippen molar-refractivity contribution < 1.29 is 18.0 Å². The lowest BCUT2D eigenvalue weighted by atomic mass is 10.0. The van der Waals surface area contributed by atoms with Crippen molar-refractivity contribution in [1.29, 1.82) is 0 Å². The van der Waals surface area contributed by atoms with E-state index in [9.17, 15) is 18.0 Å². The zero-order valence-electron chi connectivity index (χ0n) is 24.1. The van der Waals surface area contributed by atoms with Gasteiger partial charge in [0.25, 0.3) is 0 Å². The van der Waals surface area contributed by atoms with Gasteiger partial charge in [0.2, 0.25) is 21.8 Å². The molecule has 41 heavy (non-hydrogen) atoms. The minimum atomic E-state index is -3.56. The predicted molar refractivity (Wildman–Crippen MR) is 166 cm³/mol. The molecule has 0 spiro atoms. The molecule has 0 aliphatic heterocycles. The van der Waals surface area contributed by atoms with Crippen LogP contribution in [0.2, 0.25) is 5.02 Å². The zero-order chi connectivity index (χ0) is 29.8. The predicted octanol–water partition coefficient (Wildman–Crippen LogP) is 5.75. The fourth-order valence-corrected chi connectivity index (χ4v) is 5.82. The van der Waals surface area contributed by atoms with Crippen LogP contribution in [0.4, 0.5) is 5.69 Å². The maximum absolute atomic E-state index is 13.9. The Morgan fingerprint density at radius 2 is 1.56 bits per heavy atom. The molecular weight excluding hydrogens is 558 g/mol. The number of aryl methyl sites for hydroxylation is 1. The van der Waals surface area contributed by atoms with E-state index in [0.717, 1.165) is 29.5 Å². The maximum atomic E-state index is 13.9. The van der Waals surface area contributed by atoms with Crippen molar-refractivity contribution in [2.24, 2.45) is 0 Å². The van der Waals surface area contributed by atoms with E-state index in [1.54, 1.807) is 29.2 Å². The second-order valence-corrected chi connectivity index (χ2v) is 12.6. The van der Waals surface area contributed by atoms with Crippen LogP contribution in [-0.2, 0) is 32.6 Å². The van der Waals surface area contributed by atoms with Crippen molar-refractivity contribution in [2.45, 2.75) is 58.5 Å². The van der Waals surface area contributed by atoms with Gasteiger partial charge >= 0.3 is 0 Å². The molecule has 0 saturated heterocycles. The molecule has 0 saturated carbocycles. The van der Waals surface area contributed by atoms with E-state index in [-0.39, 0.29) is 31.3 Å². The average Bonchev–Trinajstić information content (AvgIpc) is 2.94. The minimum absolute atomic E-state index is 0.0824. The topological polar surface area (TPSA) is 86.8 Å². The summed E-state index contributed by atoms with van der Waals surface area (Å²) in [7, 11) is -3.56. The number of halogens is 1. The van der Waals surface area contributed by atoms with E-state index in [0.29, 0.717) is 30.1 Å². The van der Waals surface area contributed by atoms with Crippen LogP contribution in [-0.4, -0.2) is 50.5 Å². The minimum Gasteiger partial charge on any atom is -0.354 e. The molecule has 7 nitrogen and oxygen atoms in total. The third kappa shape index (κ3) is 9.90. The summed E-state index contributed by atoms with van der Waals surface area (Å²) in [5.41, 5.74) is 3.22. The smallest absolute Gasteiger partial charge is 0.243 e.